The van der Waals surface area contributed by atoms with E-state index in [1.165, 1.54) is 0 Å². The summed E-state index contributed by atoms with van der Waals surface area (Å²) in [6, 6.07) is 0. The molecule has 0 rings (SSSR count). The Balaban J connectivity index is -0.000000216. The number of rotatable bonds is 60. The van der Waals surface area contributed by atoms with Crippen molar-refractivity contribution >= 4 is 43.0 Å². The van der Waals surface area contributed by atoms with E-state index in [9.17, 15) is 0 Å². The third-order valence-corrected chi connectivity index (χ3v) is 13.2. The minimum atomic E-state index is -1.34. The van der Waals surface area contributed by atoms with Gasteiger partial charge in [0.25, 0.3) is 0 Å². The molecule has 0 aromatic rings. The van der Waals surface area contributed by atoms with Crippen LogP contribution >= 0.6 is 43.0 Å². The van der Waals surface area contributed by atoms with E-state index >= 15 is 0 Å². The van der Waals surface area contributed by atoms with E-state index in [-0.39, 0.29) is 17.4 Å². The second-order valence-corrected chi connectivity index (χ2v) is 19.6. The van der Waals surface area contributed by atoms with Gasteiger partial charge >= 0.3 is 43.0 Å². The Morgan fingerprint density at radius 2 is 0.185 bits per heavy atom. The number of methoxy groups -OCH3 is 15. The Morgan fingerprint density at radius 3 is 0.235 bits per heavy atom. The average molecular weight is 1330 g/mol. The molecular formula is C45H105CrO30P5. The molecule has 0 aliphatic carbocycles. The van der Waals surface area contributed by atoms with Gasteiger partial charge in [-0.2, -0.15) is 0 Å². The summed E-state index contributed by atoms with van der Waals surface area (Å²) in [6.07, 6.45) is 0. The first-order valence-electron chi connectivity index (χ1n) is 25.0. The van der Waals surface area contributed by atoms with Gasteiger partial charge in [-0.1, -0.05) is 0 Å². The predicted molar refractivity (Wildman–Crippen MR) is 302 cm³/mol. The van der Waals surface area contributed by atoms with Crippen molar-refractivity contribution in [2.75, 3.05) is 305 Å². The topological polar surface area (TPSA) is 277 Å². The molecule has 0 unspecified atom stereocenters. The predicted octanol–water partition coefficient (Wildman–Crippen LogP) is 6.01. The van der Waals surface area contributed by atoms with Crippen molar-refractivity contribution < 1.29 is 156 Å². The third-order valence-electron chi connectivity index (χ3n) is 7.26. The molecule has 0 radical (unpaired) electrons. The summed E-state index contributed by atoms with van der Waals surface area (Å²) >= 11 is 0. The van der Waals surface area contributed by atoms with Crippen molar-refractivity contribution in [2.45, 2.75) is 0 Å². The maximum Gasteiger partial charge on any atom is 0.332 e. The Kier molecular flexibility index (Phi) is 104. The molecule has 0 bridgehead atoms. The van der Waals surface area contributed by atoms with E-state index < -0.39 is 43.0 Å². The molecule has 0 aliphatic heterocycles. The van der Waals surface area contributed by atoms with E-state index in [1.807, 2.05) is 0 Å². The molecule has 81 heavy (non-hydrogen) atoms. The molecule has 496 valence electrons. The summed E-state index contributed by atoms with van der Waals surface area (Å²) in [5, 5.41) is 0. The zero-order chi connectivity index (χ0) is 60.3. The zero-order valence-corrected chi connectivity index (χ0v) is 56.9. The molecule has 0 atom stereocenters. The standard InChI is InChI=1S/5C9H21O6P.Cr/c5*1-10-4-7-13-16(14-8-5-11-2)15-9-6-12-3;/h5*4-9H2,1-3H3;. The number of hydrogen-bond acceptors (Lipinski definition) is 30. The summed E-state index contributed by atoms with van der Waals surface area (Å²) in [5.41, 5.74) is 0. The van der Waals surface area contributed by atoms with Crippen molar-refractivity contribution in [3.63, 3.8) is 0 Å². The minimum Gasteiger partial charge on any atom is -0.382 e. The molecule has 0 aromatic heterocycles. The molecule has 0 fully saturated rings. The molecule has 0 amide bonds. The number of hydrogen-bond donors (Lipinski definition) is 0. The van der Waals surface area contributed by atoms with Gasteiger partial charge in [-0.05, 0) is 0 Å². The van der Waals surface area contributed by atoms with Gasteiger partial charge < -0.3 is 139 Å². The van der Waals surface area contributed by atoms with Crippen LogP contribution in [0.25, 0.3) is 0 Å². The molecule has 36 heteroatoms. The zero-order valence-electron chi connectivity index (χ0n) is 51.1. The van der Waals surface area contributed by atoms with E-state index in [0.717, 1.165) is 0 Å². The first kappa shape index (κ1) is 93.6. The van der Waals surface area contributed by atoms with Crippen molar-refractivity contribution in [1.29, 1.82) is 0 Å². The summed E-state index contributed by atoms with van der Waals surface area (Å²) < 4.78 is 153. The van der Waals surface area contributed by atoms with E-state index in [2.05, 4.69) is 0 Å². The summed E-state index contributed by atoms with van der Waals surface area (Å²) in [7, 11) is 17.5. The van der Waals surface area contributed by atoms with Crippen LogP contribution in [0.2, 0.25) is 0 Å². The summed E-state index contributed by atoms with van der Waals surface area (Å²) in [5.74, 6) is 0. The van der Waals surface area contributed by atoms with E-state index in [1.54, 1.807) is 107 Å². The number of ether oxygens (including phenoxy) is 15. The Morgan fingerprint density at radius 1 is 0.123 bits per heavy atom. The maximum atomic E-state index is 5.36. The van der Waals surface area contributed by atoms with Gasteiger partial charge in [0.05, 0.1) is 198 Å². The first-order chi connectivity index (χ1) is 39.2. The van der Waals surface area contributed by atoms with Crippen LogP contribution in [0.5, 0.6) is 0 Å². The van der Waals surface area contributed by atoms with Crippen LogP contribution in [0.1, 0.15) is 0 Å². The Bertz CT molecular complexity index is 749. The van der Waals surface area contributed by atoms with Crippen molar-refractivity contribution in [3.05, 3.63) is 0 Å². The largest absolute Gasteiger partial charge is 0.382 e. The fraction of sp³-hybridized carbons (Fsp3) is 1.00. The Hall–Kier alpha value is 1.48. The van der Waals surface area contributed by atoms with Gasteiger partial charge in [0.1, 0.15) is 0 Å². The maximum absolute atomic E-state index is 5.36. The fourth-order valence-electron chi connectivity index (χ4n) is 3.49. The van der Waals surface area contributed by atoms with Crippen LogP contribution in [-0.2, 0) is 156 Å². The van der Waals surface area contributed by atoms with Crippen LogP contribution < -0.4 is 0 Å². The third kappa shape index (κ3) is 88.0. The monoisotopic (exact) mass is 1330 g/mol. The molecule has 0 aromatic carbocycles. The molecule has 0 saturated heterocycles. The molecular weight excluding hydrogens is 1230 g/mol. The van der Waals surface area contributed by atoms with Gasteiger partial charge in [0.15, 0.2) is 0 Å². The van der Waals surface area contributed by atoms with Gasteiger partial charge in [-0.3, -0.25) is 0 Å². The second-order valence-electron chi connectivity index (χ2n) is 13.5. The van der Waals surface area contributed by atoms with Gasteiger partial charge in [0, 0.05) is 124 Å². The molecule has 30 nitrogen and oxygen atoms in total. The van der Waals surface area contributed by atoms with Gasteiger partial charge in [-0.25, -0.2) is 0 Å². The van der Waals surface area contributed by atoms with Crippen molar-refractivity contribution in [1.82, 2.24) is 0 Å². The minimum absolute atomic E-state index is 0. The first-order valence-corrected chi connectivity index (χ1v) is 30.5. The Labute approximate surface area is 502 Å². The van der Waals surface area contributed by atoms with E-state index in [4.69, 9.17) is 139 Å². The molecule has 0 aliphatic rings. The van der Waals surface area contributed by atoms with Crippen LogP contribution in [-0.4, -0.2) is 305 Å². The van der Waals surface area contributed by atoms with Crippen LogP contribution in [0.4, 0.5) is 0 Å². The quantitative estimate of drug-likeness (QED) is 0.0498. The van der Waals surface area contributed by atoms with Crippen LogP contribution in [0.3, 0.4) is 0 Å². The smallest absolute Gasteiger partial charge is 0.332 e. The fourth-order valence-corrected chi connectivity index (χ4v) is 7.96. The average Bonchev–Trinajstić information content (AvgIpc) is 3.46. The molecule has 0 N–H and O–H groups in total. The van der Waals surface area contributed by atoms with Crippen LogP contribution in [0.15, 0.2) is 0 Å². The normalized spacial score (nSPS) is 11.1. The SMILES string of the molecule is COCCOP(OCCOC)OCCOC.COCCOP(OCCOC)OCCOC.COCCOP(OCCOC)OCCOC.COCCOP(OCCOC)OCCOC.COCCOP(OCCOC)OCCOC.[Cr]. The molecule has 0 spiro atoms. The van der Waals surface area contributed by atoms with Gasteiger partial charge in [0.2, 0.25) is 0 Å². The molecule has 0 heterocycles. The molecule has 0 saturated carbocycles. The van der Waals surface area contributed by atoms with E-state index in [0.29, 0.717) is 198 Å². The van der Waals surface area contributed by atoms with Crippen molar-refractivity contribution in [3.8, 4) is 0 Å². The van der Waals surface area contributed by atoms with Crippen molar-refractivity contribution in [2.24, 2.45) is 0 Å². The van der Waals surface area contributed by atoms with Crippen LogP contribution in [0, 0.1) is 0 Å². The second kappa shape index (κ2) is 90.2. The summed E-state index contributed by atoms with van der Waals surface area (Å²) in [4.78, 5) is 0. The van der Waals surface area contributed by atoms with Gasteiger partial charge in [-0.15, -0.1) is 0 Å². The summed E-state index contributed by atoms with van der Waals surface area (Å²) in [6.45, 7) is 14.4.